The van der Waals surface area contributed by atoms with Gasteiger partial charge in [-0.2, -0.15) is 0 Å². The molecule has 0 aliphatic rings. The minimum Gasteiger partial charge on any atom is -0.348 e. The average molecular weight is 229 g/mol. The van der Waals surface area contributed by atoms with Crippen LogP contribution in [-0.4, -0.2) is 15.9 Å². The average Bonchev–Trinajstić information content (AvgIpc) is 2.74. The molecule has 0 fully saturated rings. The number of H-pyrrole nitrogens is 1. The first kappa shape index (κ1) is 11.4. The number of benzene rings is 1. The molecule has 0 radical (unpaired) electrons. The van der Waals surface area contributed by atoms with E-state index in [0.29, 0.717) is 12.2 Å². The molecule has 1 heterocycles. The number of aryl methyl sites for hydroxylation is 2. The van der Waals surface area contributed by atoms with Crippen molar-refractivity contribution in [2.75, 3.05) is 0 Å². The zero-order valence-electron chi connectivity index (χ0n) is 9.95. The number of aromatic amines is 1. The van der Waals surface area contributed by atoms with Crippen molar-refractivity contribution in [2.24, 2.45) is 0 Å². The third kappa shape index (κ3) is 2.72. The molecule has 0 spiro atoms. The van der Waals surface area contributed by atoms with Crippen molar-refractivity contribution in [2.45, 2.75) is 20.4 Å². The Balaban J connectivity index is 1.97. The molecule has 1 aromatic heterocycles. The van der Waals surface area contributed by atoms with Crippen LogP contribution in [0.1, 0.15) is 27.3 Å². The van der Waals surface area contributed by atoms with Gasteiger partial charge in [-0.15, -0.1) is 0 Å². The Bertz CT molecular complexity index is 514. The molecule has 4 nitrogen and oxygen atoms in total. The fourth-order valence-corrected chi connectivity index (χ4v) is 1.56. The van der Waals surface area contributed by atoms with Gasteiger partial charge in [0.05, 0.1) is 6.33 Å². The third-order valence-corrected chi connectivity index (χ3v) is 2.62. The predicted molar refractivity (Wildman–Crippen MR) is 65.7 cm³/mol. The quantitative estimate of drug-likeness (QED) is 0.845. The highest BCUT2D eigenvalue weighted by Crippen LogP contribution is 2.04. The van der Waals surface area contributed by atoms with E-state index in [9.17, 15) is 4.79 Å². The van der Waals surface area contributed by atoms with Gasteiger partial charge in [-0.05, 0) is 19.4 Å². The van der Waals surface area contributed by atoms with Crippen LogP contribution in [0.5, 0.6) is 0 Å². The molecule has 0 aliphatic carbocycles. The summed E-state index contributed by atoms with van der Waals surface area (Å²) in [6, 6.07) is 8.07. The number of hydrogen-bond acceptors (Lipinski definition) is 2. The first-order chi connectivity index (χ1) is 8.16. The van der Waals surface area contributed by atoms with Crippen molar-refractivity contribution in [3.63, 3.8) is 0 Å². The Morgan fingerprint density at radius 2 is 2.00 bits per heavy atom. The number of nitrogens with one attached hydrogen (secondary N) is 2. The lowest BCUT2D eigenvalue weighted by Gasteiger charge is -2.04. The van der Waals surface area contributed by atoms with Crippen molar-refractivity contribution in [1.29, 1.82) is 0 Å². The molecule has 1 amide bonds. The minimum absolute atomic E-state index is 0.149. The minimum atomic E-state index is -0.149. The zero-order chi connectivity index (χ0) is 12.3. The van der Waals surface area contributed by atoms with E-state index < -0.39 is 0 Å². The first-order valence-electron chi connectivity index (χ1n) is 5.50. The van der Waals surface area contributed by atoms with Gasteiger partial charge in [0, 0.05) is 12.2 Å². The number of carbonyl (C=O) groups excluding carboxylic acids is 1. The molecular weight excluding hydrogens is 214 g/mol. The van der Waals surface area contributed by atoms with Crippen molar-refractivity contribution in [3.8, 4) is 0 Å². The number of carbonyl (C=O) groups is 1. The largest absolute Gasteiger partial charge is 0.348 e. The van der Waals surface area contributed by atoms with Gasteiger partial charge in [0.15, 0.2) is 0 Å². The molecule has 0 bridgehead atoms. The standard InChI is InChI=1S/C13H15N3O/c1-9-3-5-11(6-4-9)7-14-13(17)12-10(2)15-8-16-12/h3-6,8H,7H2,1-2H3,(H,14,17)(H,15,16). The summed E-state index contributed by atoms with van der Waals surface area (Å²) in [6.45, 7) is 4.38. The van der Waals surface area contributed by atoms with Crippen LogP contribution < -0.4 is 5.32 Å². The monoisotopic (exact) mass is 229 g/mol. The molecule has 88 valence electrons. The highest BCUT2D eigenvalue weighted by atomic mass is 16.1. The molecule has 0 saturated heterocycles. The highest BCUT2D eigenvalue weighted by molar-refractivity contribution is 5.93. The summed E-state index contributed by atoms with van der Waals surface area (Å²) in [5.74, 6) is -0.149. The van der Waals surface area contributed by atoms with Crippen molar-refractivity contribution >= 4 is 5.91 Å². The molecule has 0 unspecified atom stereocenters. The van der Waals surface area contributed by atoms with Crippen LogP contribution in [0.4, 0.5) is 0 Å². The second-order valence-corrected chi connectivity index (χ2v) is 4.04. The number of hydrogen-bond donors (Lipinski definition) is 2. The maximum atomic E-state index is 11.8. The van der Waals surface area contributed by atoms with Gasteiger partial charge in [0.2, 0.25) is 0 Å². The highest BCUT2D eigenvalue weighted by Gasteiger charge is 2.10. The smallest absolute Gasteiger partial charge is 0.272 e. The molecule has 1 aromatic carbocycles. The zero-order valence-corrected chi connectivity index (χ0v) is 9.95. The number of aromatic nitrogens is 2. The van der Waals surface area contributed by atoms with Crippen LogP contribution >= 0.6 is 0 Å². The number of amides is 1. The molecule has 0 aliphatic heterocycles. The summed E-state index contributed by atoms with van der Waals surface area (Å²) in [5.41, 5.74) is 3.53. The fraction of sp³-hybridized carbons (Fsp3) is 0.231. The van der Waals surface area contributed by atoms with E-state index in [4.69, 9.17) is 0 Å². The Labute approximate surface area is 100 Å². The summed E-state index contributed by atoms with van der Waals surface area (Å²) in [5, 5.41) is 2.84. The molecule has 17 heavy (non-hydrogen) atoms. The normalized spacial score (nSPS) is 10.2. The summed E-state index contributed by atoms with van der Waals surface area (Å²) in [4.78, 5) is 18.6. The van der Waals surface area contributed by atoms with E-state index in [0.717, 1.165) is 11.3 Å². The van der Waals surface area contributed by atoms with Crippen LogP contribution in [0.3, 0.4) is 0 Å². The maximum Gasteiger partial charge on any atom is 0.272 e. The first-order valence-corrected chi connectivity index (χ1v) is 5.50. The van der Waals surface area contributed by atoms with Gasteiger partial charge in [-0.3, -0.25) is 4.79 Å². The van der Waals surface area contributed by atoms with Crippen LogP contribution in [0, 0.1) is 13.8 Å². The van der Waals surface area contributed by atoms with Crippen LogP contribution in [0.25, 0.3) is 0 Å². The summed E-state index contributed by atoms with van der Waals surface area (Å²) < 4.78 is 0. The lowest BCUT2D eigenvalue weighted by Crippen LogP contribution is -2.23. The van der Waals surface area contributed by atoms with E-state index in [2.05, 4.69) is 15.3 Å². The maximum absolute atomic E-state index is 11.8. The molecular formula is C13H15N3O. The van der Waals surface area contributed by atoms with Crippen LogP contribution in [0.2, 0.25) is 0 Å². The van der Waals surface area contributed by atoms with Gasteiger partial charge in [-0.1, -0.05) is 29.8 Å². The molecule has 0 atom stereocenters. The Morgan fingerprint density at radius 3 is 2.59 bits per heavy atom. The van der Waals surface area contributed by atoms with E-state index in [1.54, 1.807) is 0 Å². The second kappa shape index (κ2) is 4.82. The predicted octanol–water partition coefficient (Wildman–Crippen LogP) is 1.96. The van der Waals surface area contributed by atoms with E-state index in [1.165, 1.54) is 11.9 Å². The van der Waals surface area contributed by atoms with E-state index in [1.807, 2.05) is 38.1 Å². The second-order valence-electron chi connectivity index (χ2n) is 4.04. The van der Waals surface area contributed by atoms with Crippen molar-refractivity contribution in [1.82, 2.24) is 15.3 Å². The van der Waals surface area contributed by atoms with Crippen molar-refractivity contribution in [3.05, 3.63) is 53.1 Å². The fourth-order valence-electron chi connectivity index (χ4n) is 1.56. The SMILES string of the molecule is Cc1ccc(CNC(=O)c2nc[nH]c2C)cc1. The number of nitrogens with zero attached hydrogens (tertiary/aromatic N) is 1. The Morgan fingerprint density at radius 1 is 1.29 bits per heavy atom. The third-order valence-electron chi connectivity index (χ3n) is 2.62. The molecule has 4 heteroatoms. The Hall–Kier alpha value is -2.10. The lowest BCUT2D eigenvalue weighted by atomic mass is 10.1. The number of imidazole rings is 1. The Kier molecular flexibility index (Phi) is 3.23. The van der Waals surface area contributed by atoms with Gasteiger partial charge < -0.3 is 10.3 Å². The van der Waals surface area contributed by atoms with Gasteiger partial charge >= 0.3 is 0 Å². The van der Waals surface area contributed by atoms with Gasteiger partial charge in [0.25, 0.3) is 5.91 Å². The van der Waals surface area contributed by atoms with Crippen LogP contribution in [0.15, 0.2) is 30.6 Å². The topological polar surface area (TPSA) is 57.8 Å². The lowest BCUT2D eigenvalue weighted by molar-refractivity contribution is 0.0946. The van der Waals surface area contributed by atoms with Gasteiger partial charge in [-0.25, -0.2) is 4.98 Å². The van der Waals surface area contributed by atoms with Gasteiger partial charge in [0.1, 0.15) is 5.69 Å². The van der Waals surface area contributed by atoms with E-state index in [-0.39, 0.29) is 5.91 Å². The summed E-state index contributed by atoms with van der Waals surface area (Å²) >= 11 is 0. The molecule has 2 N–H and O–H groups in total. The van der Waals surface area contributed by atoms with Crippen LogP contribution in [-0.2, 0) is 6.54 Å². The summed E-state index contributed by atoms with van der Waals surface area (Å²) in [6.07, 6.45) is 1.52. The number of rotatable bonds is 3. The van der Waals surface area contributed by atoms with E-state index >= 15 is 0 Å². The summed E-state index contributed by atoms with van der Waals surface area (Å²) in [7, 11) is 0. The molecule has 0 saturated carbocycles. The molecule has 2 rings (SSSR count). The molecule has 2 aromatic rings. The van der Waals surface area contributed by atoms with Crippen molar-refractivity contribution < 1.29 is 4.79 Å².